The maximum atomic E-state index is 13.1. The van der Waals surface area contributed by atoms with Crippen molar-refractivity contribution in [2.45, 2.75) is 31.7 Å². The van der Waals surface area contributed by atoms with E-state index in [0.717, 1.165) is 4.47 Å². The standard InChI is InChI=1S/C14H15BrFNO3/c15-11-5-4-10(16)8-9(11)3-6-13(18)17-7-1-2-12(17)14(19)20/h4-5,8,12H,1-3,6-7H2,(H,19,20)/t12-/m1/s1. The number of aryl methyl sites for hydroxylation is 1. The van der Waals surface area contributed by atoms with Gasteiger partial charge in [0, 0.05) is 17.4 Å². The lowest BCUT2D eigenvalue weighted by Crippen LogP contribution is -2.40. The quantitative estimate of drug-likeness (QED) is 0.914. The van der Waals surface area contributed by atoms with Crippen LogP contribution in [-0.2, 0) is 16.0 Å². The Morgan fingerprint density at radius 2 is 2.20 bits per heavy atom. The molecule has 108 valence electrons. The number of carboxylic acids is 1. The third-order valence-corrected chi connectivity index (χ3v) is 4.25. The molecule has 0 unspecified atom stereocenters. The Morgan fingerprint density at radius 3 is 2.90 bits per heavy atom. The second-order valence-electron chi connectivity index (χ2n) is 4.82. The molecule has 1 fully saturated rings. The van der Waals surface area contributed by atoms with E-state index in [2.05, 4.69) is 15.9 Å². The van der Waals surface area contributed by atoms with Crippen LogP contribution in [-0.4, -0.2) is 34.5 Å². The van der Waals surface area contributed by atoms with Crippen LogP contribution in [0.15, 0.2) is 22.7 Å². The van der Waals surface area contributed by atoms with Crippen molar-refractivity contribution >= 4 is 27.8 Å². The van der Waals surface area contributed by atoms with E-state index in [1.54, 1.807) is 6.07 Å². The highest BCUT2D eigenvalue weighted by atomic mass is 79.9. The summed E-state index contributed by atoms with van der Waals surface area (Å²) in [6, 6.07) is 3.62. The summed E-state index contributed by atoms with van der Waals surface area (Å²) in [4.78, 5) is 24.5. The summed E-state index contributed by atoms with van der Waals surface area (Å²) in [5.74, 6) is -1.49. The normalized spacial score (nSPS) is 18.3. The first-order valence-corrected chi connectivity index (χ1v) is 7.24. The SMILES string of the molecule is O=C(O)[C@H]1CCCN1C(=O)CCc1cc(F)ccc1Br. The van der Waals surface area contributed by atoms with Gasteiger partial charge in [-0.1, -0.05) is 15.9 Å². The number of carbonyl (C=O) groups excluding carboxylic acids is 1. The molecule has 1 amide bonds. The van der Waals surface area contributed by atoms with Crippen molar-refractivity contribution in [2.75, 3.05) is 6.54 Å². The van der Waals surface area contributed by atoms with Crippen LogP contribution >= 0.6 is 15.9 Å². The highest BCUT2D eigenvalue weighted by Crippen LogP contribution is 2.22. The number of rotatable bonds is 4. The van der Waals surface area contributed by atoms with Crippen molar-refractivity contribution in [3.8, 4) is 0 Å². The molecule has 1 N–H and O–H groups in total. The molecule has 1 atom stereocenters. The number of carbonyl (C=O) groups is 2. The molecule has 0 bridgehead atoms. The fourth-order valence-electron chi connectivity index (χ4n) is 2.44. The van der Waals surface area contributed by atoms with Gasteiger partial charge in [-0.3, -0.25) is 4.79 Å². The second kappa shape index (κ2) is 6.35. The zero-order valence-electron chi connectivity index (χ0n) is 10.8. The topological polar surface area (TPSA) is 57.6 Å². The van der Waals surface area contributed by atoms with E-state index in [4.69, 9.17) is 5.11 Å². The van der Waals surface area contributed by atoms with Gasteiger partial charge in [0.2, 0.25) is 5.91 Å². The number of carboxylic acid groups (broad SMARTS) is 1. The van der Waals surface area contributed by atoms with Gasteiger partial charge in [-0.2, -0.15) is 0 Å². The number of nitrogens with zero attached hydrogens (tertiary/aromatic N) is 1. The average Bonchev–Trinajstić information content (AvgIpc) is 2.89. The fourth-order valence-corrected chi connectivity index (χ4v) is 2.89. The number of likely N-dealkylation sites (tertiary alicyclic amines) is 1. The molecule has 4 nitrogen and oxygen atoms in total. The van der Waals surface area contributed by atoms with Crippen LogP contribution in [0.5, 0.6) is 0 Å². The van der Waals surface area contributed by atoms with Crippen molar-refractivity contribution in [2.24, 2.45) is 0 Å². The Hall–Kier alpha value is -1.43. The fraction of sp³-hybridized carbons (Fsp3) is 0.429. The molecule has 0 radical (unpaired) electrons. The first-order chi connectivity index (χ1) is 9.49. The summed E-state index contributed by atoms with van der Waals surface area (Å²) in [5.41, 5.74) is 0.712. The Morgan fingerprint density at radius 1 is 1.45 bits per heavy atom. The molecule has 0 aromatic heterocycles. The van der Waals surface area contributed by atoms with Gasteiger partial charge in [0.1, 0.15) is 11.9 Å². The molecule has 0 saturated carbocycles. The highest BCUT2D eigenvalue weighted by Gasteiger charge is 2.33. The Kier molecular flexibility index (Phi) is 4.75. The van der Waals surface area contributed by atoms with Crippen molar-refractivity contribution in [3.05, 3.63) is 34.1 Å². The number of halogens is 2. The third-order valence-electron chi connectivity index (χ3n) is 3.47. The van der Waals surface area contributed by atoms with Crippen molar-refractivity contribution in [3.63, 3.8) is 0 Å². The van der Waals surface area contributed by atoms with Crippen LogP contribution in [0, 0.1) is 5.82 Å². The summed E-state index contributed by atoms with van der Waals surface area (Å²) in [6.45, 7) is 0.486. The number of hydrogen-bond donors (Lipinski definition) is 1. The molecule has 1 aliphatic heterocycles. The maximum Gasteiger partial charge on any atom is 0.326 e. The van der Waals surface area contributed by atoms with Gasteiger partial charge in [-0.15, -0.1) is 0 Å². The van der Waals surface area contributed by atoms with Gasteiger partial charge < -0.3 is 10.0 Å². The van der Waals surface area contributed by atoms with E-state index in [9.17, 15) is 14.0 Å². The smallest absolute Gasteiger partial charge is 0.326 e. The summed E-state index contributed by atoms with van der Waals surface area (Å²) in [6.07, 6.45) is 1.79. The number of benzene rings is 1. The van der Waals surface area contributed by atoms with Crippen LogP contribution in [0.3, 0.4) is 0 Å². The minimum Gasteiger partial charge on any atom is -0.480 e. The minimum absolute atomic E-state index is 0.186. The molecule has 1 aliphatic rings. The van der Waals surface area contributed by atoms with Crippen molar-refractivity contribution in [1.29, 1.82) is 0 Å². The summed E-state index contributed by atoms with van der Waals surface area (Å²) in [5, 5.41) is 9.05. The van der Waals surface area contributed by atoms with Gasteiger partial charge in [-0.05, 0) is 43.0 Å². The summed E-state index contributed by atoms with van der Waals surface area (Å²) < 4.78 is 13.9. The average molecular weight is 344 g/mol. The number of amides is 1. The van der Waals surface area contributed by atoms with E-state index in [-0.39, 0.29) is 18.1 Å². The second-order valence-corrected chi connectivity index (χ2v) is 5.67. The van der Waals surface area contributed by atoms with Gasteiger partial charge in [0.05, 0.1) is 0 Å². The summed E-state index contributed by atoms with van der Waals surface area (Å²) in [7, 11) is 0. The van der Waals surface area contributed by atoms with Crippen molar-refractivity contribution in [1.82, 2.24) is 4.90 Å². The molecular formula is C14H15BrFNO3. The lowest BCUT2D eigenvalue weighted by atomic mass is 10.1. The Labute approximate surface area is 124 Å². The summed E-state index contributed by atoms with van der Waals surface area (Å²) >= 11 is 3.31. The van der Waals surface area contributed by atoms with E-state index in [1.165, 1.54) is 17.0 Å². The van der Waals surface area contributed by atoms with E-state index in [0.29, 0.717) is 31.4 Å². The predicted octanol–water partition coefficient (Wildman–Crippen LogP) is 2.60. The van der Waals surface area contributed by atoms with Crippen LogP contribution in [0.2, 0.25) is 0 Å². The first-order valence-electron chi connectivity index (χ1n) is 6.45. The van der Waals surface area contributed by atoms with Crippen LogP contribution < -0.4 is 0 Å². The van der Waals surface area contributed by atoms with E-state index in [1.807, 2.05) is 0 Å². The van der Waals surface area contributed by atoms with Gasteiger partial charge in [0.15, 0.2) is 0 Å². The van der Waals surface area contributed by atoms with Crippen LogP contribution in [0.25, 0.3) is 0 Å². The third kappa shape index (κ3) is 3.36. The molecule has 1 heterocycles. The highest BCUT2D eigenvalue weighted by molar-refractivity contribution is 9.10. The lowest BCUT2D eigenvalue weighted by Gasteiger charge is -2.21. The van der Waals surface area contributed by atoms with E-state index < -0.39 is 12.0 Å². The molecule has 1 aromatic carbocycles. The zero-order valence-corrected chi connectivity index (χ0v) is 12.4. The minimum atomic E-state index is -0.956. The predicted molar refractivity (Wildman–Crippen MR) is 74.8 cm³/mol. The molecular weight excluding hydrogens is 329 g/mol. The van der Waals surface area contributed by atoms with Gasteiger partial charge in [0.25, 0.3) is 0 Å². The molecule has 1 aromatic rings. The molecule has 0 aliphatic carbocycles. The molecule has 2 rings (SSSR count). The van der Waals surface area contributed by atoms with Gasteiger partial charge >= 0.3 is 5.97 Å². The lowest BCUT2D eigenvalue weighted by molar-refractivity contribution is -0.148. The van der Waals surface area contributed by atoms with Crippen molar-refractivity contribution < 1.29 is 19.1 Å². The van der Waals surface area contributed by atoms with Crippen LogP contribution in [0.4, 0.5) is 4.39 Å². The van der Waals surface area contributed by atoms with E-state index >= 15 is 0 Å². The Bertz CT molecular complexity index is 535. The number of hydrogen-bond acceptors (Lipinski definition) is 2. The molecule has 20 heavy (non-hydrogen) atoms. The van der Waals surface area contributed by atoms with Gasteiger partial charge in [-0.25, -0.2) is 9.18 Å². The van der Waals surface area contributed by atoms with Crippen LogP contribution in [0.1, 0.15) is 24.8 Å². The first kappa shape index (κ1) is 15.0. The monoisotopic (exact) mass is 343 g/mol. The molecule has 1 saturated heterocycles. The number of aliphatic carboxylic acids is 1. The maximum absolute atomic E-state index is 13.1. The molecule has 0 spiro atoms. The zero-order chi connectivity index (χ0) is 14.7. The molecule has 6 heteroatoms. The largest absolute Gasteiger partial charge is 0.480 e. The Balaban J connectivity index is 1.98.